The predicted molar refractivity (Wildman–Crippen MR) is 104 cm³/mol. The number of nitrogens with zero attached hydrogens (tertiary/aromatic N) is 4. The molecule has 1 aliphatic heterocycles. The van der Waals surface area contributed by atoms with Crippen molar-refractivity contribution in [2.75, 3.05) is 6.54 Å². The highest BCUT2D eigenvalue weighted by Gasteiger charge is 2.39. The minimum absolute atomic E-state index is 0.0588. The molecule has 1 N–H and O–H groups in total. The number of amides is 1. The van der Waals surface area contributed by atoms with Crippen molar-refractivity contribution in [3.8, 4) is 0 Å². The topological polar surface area (TPSA) is 84.0 Å². The summed E-state index contributed by atoms with van der Waals surface area (Å²) in [5.41, 5.74) is 2.94. The molecule has 0 aliphatic carbocycles. The second kappa shape index (κ2) is 7.90. The van der Waals surface area contributed by atoms with E-state index in [1.165, 1.54) is 5.56 Å². The van der Waals surface area contributed by atoms with Crippen molar-refractivity contribution in [3.63, 3.8) is 0 Å². The molecule has 0 saturated carbocycles. The van der Waals surface area contributed by atoms with Crippen molar-refractivity contribution < 1.29 is 9.53 Å². The van der Waals surface area contributed by atoms with Crippen molar-refractivity contribution in [1.82, 2.24) is 25.1 Å². The van der Waals surface area contributed by atoms with E-state index in [2.05, 4.69) is 45.3 Å². The molecule has 0 radical (unpaired) electrons. The third-order valence-electron chi connectivity index (χ3n) is 4.93. The maximum atomic E-state index is 13.1. The number of aromatic amines is 1. The summed E-state index contributed by atoms with van der Waals surface area (Å²) in [7, 11) is 0. The molecule has 144 valence electrons. The Bertz CT molecular complexity index is 956. The van der Waals surface area contributed by atoms with Gasteiger partial charge < -0.3 is 9.64 Å². The van der Waals surface area contributed by atoms with E-state index in [0.29, 0.717) is 31.0 Å². The number of nitrogens with one attached hydrogen (secondary N) is 1. The van der Waals surface area contributed by atoms with Gasteiger partial charge in [-0.05, 0) is 31.5 Å². The monoisotopic (exact) mass is 377 g/mol. The Morgan fingerprint density at radius 3 is 2.79 bits per heavy atom. The fourth-order valence-electron chi connectivity index (χ4n) is 3.57. The molecule has 0 bridgehead atoms. The van der Waals surface area contributed by atoms with E-state index in [1.54, 1.807) is 29.4 Å². The number of likely N-dealkylation sites (tertiary alicyclic amines) is 1. The van der Waals surface area contributed by atoms with E-state index in [9.17, 15) is 4.79 Å². The van der Waals surface area contributed by atoms with Gasteiger partial charge in [0.15, 0.2) is 5.82 Å². The Hall–Kier alpha value is -3.06. The lowest BCUT2D eigenvalue weighted by atomic mass is 10.1. The van der Waals surface area contributed by atoms with Gasteiger partial charge in [0, 0.05) is 30.9 Å². The van der Waals surface area contributed by atoms with Crippen molar-refractivity contribution >= 4 is 5.91 Å². The van der Waals surface area contributed by atoms with Crippen LogP contribution in [0.4, 0.5) is 0 Å². The minimum atomic E-state index is -0.215. The molecule has 0 spiro atoms. The molecule has 3 heterocycles. The van der Waals surface area contributed by atoms with Crippen LogP contribution in [-0.4, -0.2) is 43.6 Å². The lowest BCUT2D eigenvalue weighted by Gasteiger charge is -2.22. The largest absolute Gasteiger partial charge is 0.372 e. The predicted octanol–water partition coefficient (Wildman–Crippen LogP) is 2.99. The molecule has 1 aromatic carbocycles. The van der Waals surface area contributed by atoms with Crippen LogP contribution in [0, 0.1) is 13.8 Å². The number of benzene rings is 1. The summed E-state index contributed by atoms with van der Waals surface area (Å²) in [6.45, 7) is 4.94. The van der Waals surface area contributed by atoms with Gasteiger partial charge in [-0.1, -0.05) is 29.8 Å². The summed E-state index contributed by atoms with van der Waals surface area (Å²) in [5, 5.41) is 7.16. The summed E-state index contributed by atoms with van der Waals surface area (Å²) in [4.78, 5) is 23.3. The normalized spacial score (nSPS) is 19.1. The van der Waals surface area contributed by atoms with E-state index >= 15 is 0 Å². The molecule has 1 aliphatic rings. The Balaban J connectivity index is 1.52. The number of aromatic nitrogens is 4. The van der Waals surface area contributed by atoms with Crippen molar-refractivity contribution in [1.29, 1.82) is 0 Å². The van der Waals surface area contributed by atoms with E-state index in [4.69, 9.17) is 4.74 Å². The number of hydrogen-bond donors (Lipinski definition) is 1. The Morgan fingerprint density at radius 1 is 1.25 bits per heavy atom. The summed E-state index contributed by atoms with van der Waals surface area (Å²) < 4.78 is 6.15. The molecule has 1 saturated heterocycles. The third-order valence-corrected chi connectivity index (χ3v) is 4.93. The molecule has 2 aromatic heterocycles. The summed E-state index contributed by atoms with van der Waals surface area (Å²) in [6, 6.07) is 11.5. The molecule has 2 atom stereocenters. The molecule has 3 aromatic rings. The van der Waals surface area contributed by atoms with Gasteiger partial charge in [0.2, 0.25) is 0 Å². The maximum absolute atomic E-state index is 13.1. The van der Waals surface area contributed by atoms with Gasteiger partial charge in [0.1, 0.15) is 5.82 Å². The lowest BCUT2D eigenvalue weighted by Crippen LogP contribution is -2.32. The van der Waals surface area contributed by atoms with E-state index < -0.39 is 0 Å². The first kappa shape index (κ1) is 18.3. The minimum Gasteiger partial charge on any atom is -0.372 e. The molecule has 2 unspecified atom stereocenters. The van der Waals surface area contributed by atoms with Crippen LogP contribution >= 0.6 is 0 Å². The number of ether oxygens (including phenoxy) is 1. The van der Waals surface area contributed by atoms with E-state index in [-0.39, 0.29) is 18.1 Å². The van der Waals surface area contributed by atoms with Crippen molar-refractivity contribution in [3.05, 3.63) is 77.1 Å². The van der Waals surface area contributed by atoms with E-state index in [1.807, 2.05) is 13.0 Å². The van der Waals surface area contributed by atoms with E-state index in [0.717, 1.165) is 11.4 Å². The second-order valence-electron chi connectivity index (χ2n) is 7.15. The quantitative estimate of drug-likeness (QED) is 0.739. The second-order valence-corrected chi connectivity index (χ2v) is 7.15. The lowest BCUT2D eigenvalue weighted by molar-refractivity contribution is 0.0437. The highest BCUT2D eigenvalue weighted by Crippen LogP contribution is 2.33. The smallest absolute Gasteiger partial charge is 0.254 e. The zero-order chi connectivity index (χ0) is 19.5. The van der Waals surface area contributed by atoms with Crippen LogP contribution in [0.3, 0.4) is 0 Å². The van der Waals surface area contributed by atoms with Crippen LogP contribution in [0.5, 0.6) is 0 Å². The molecule has 4 rings (SSSR count). The zero-order valence-electron chi connectivity index (χ0n) is 16.0. The Morgan fingerprint density at radius 2 is 2.07 bits per heavy atom. The number of pyridine rings is 1. The van der Waals surface area contributed by atoms with Crippen molar-refractivity contribution in [2.24, 2.45) is 0 Å². The molecule has 7 nitrogen and oxygen atoms in total. The number of rotatable bonds is 5. The highest BCUT2D eigenvalue weighted by molar-refractivity contribution is 5.94. The molecular weight excluding hydrogens is 354 g/mol. The summed E-state index contributed by atoms with van der Waals surface area (Å²) in [5.74, 6) is 1.30. The van der Waals surface area contributed by atoms with Crippen LogP contribution in [0.1, 0.15) is 45.6 Å². The molecule has 28 heavy (non-hydrogen) atoms. The molecule has 1 fully saturated rings. The van der Waals surface area contributed by atoms with Crippen LogP contribution in [0.2, 0.25) is 0 Å². The number of carbonyl (C=O) groups is 1. The van der Waals surface area contributed by atoms with Gasteiger partial charge in [0.25, 0.3) is 5.91 Å². The molecular formula is C21H23N5O2. The fourth-order valence-corrected chi connectivity index (χ4v) is 3.57. The number of hydrogen-bond acceptors (Lipinski definition) is 5. The average Bonchev–Trinajstić information content (AvgIpc) is 3.33. The SMILES string of the molecule is Cc1cccc(COC2CC(c3n[nH]c(C)n3)N(C(=O)c3ccncc3)C2)c1. The first-order chi connectivity index (χ1) is 13.6. The van der Waals surface area contributed by atoms with Gasteiger partial charge in [0.05, 0.1) is 18.8 Å². The average molecular weight is 377 g/mol. The first-order valence-corrected chi connectivity index (χ1v) is 9.37. The van der Waals surface area contributed by atoms with Gasteiger partial charge in [-0.2, -0.15) is 5.10 Å². The van der Waals surface area contributed by atoms with Gasteiger partial charge in [-0.15, -0.1) is 0 Å². The fraction of sp³-hybridized carbons (Fsp3) is 0.333. The van der Waals surface area contributed by atoms with Gasteiger partial charge >= 0.3 is 0 Å². The first-order valence-electron chi connectivity index (χ1n) is 9.37. The zero-order valence-corrected chi connectivity index (χ0v) is 16.0. The van der Waals surface area contributed by atoms with Crippen LogP contribution in [0.15, 0.2) is 48.8 Å². The number of H-pyrrole nitrogens is 1. The Labute approximate surface area is 163 Å². The van der Waals surface area contributed by atoms with Gasteiger partial charge in [-0.3, -0.25) is 14.9 Å². The molecule has 7 heteroatoms. The van der Waals surface area contributed by atoms with Crippen LogP contribution in [0.25, 0.3) is 0 Å². The maximum Gasteiger partial charge on any atom is 0.254 e. The van der Waals surface area contributed by atoms with Gasteiger partial charge in [-0.25, -0.2) is 4.98 Å². The van der Waals surface area contributed by atoms with Crippen molar-refractivity contribution in [2.45, 2.75) is 39.0 Å². The van der Waals surface area contributed by atoms with Crippen LogP contribution in [-0.2, 0) is 11.3 Å². The summed E-state index contributed by atoms with van der Waals surface area (Å²) in [6.07, 6.45) is 3.84. The standard InChI is InChI=1S/C21H23N5O2/c1-14-4-3-5-16(10-14)13-28-18-11-19(20-23-15(2)24-25-20)26(12-18)21(27)17-6-8-22-9-7-17/h3-10,18-19H,11-13H2,1-2H3,(H,23,24,25). The number of carbonyl (C=O) groups excluding carboxylic acids is 1. The summed E-state index contributed by atoms with van der Waals surface area (Å²) >= 11 is 0. The number of aryl methyl sites for hydroxylation is 2. The molecule has 1 amide bonds. The highest BCUT2D eigenvalue weighted by atomic mass is 16.5. The third kappa shape index (κ3) is 3.94. The van der Waals surface area contributed by atoms with Crippen LogP contribution < -0.4 is 0 Å². The Kier molecular flexibility index (Phi) is 5.16.